The van der Waals surface area contributed by atoms with Crippen molar-refractivity contribution < 1.29 is 18.7 Å². The highest BCUT2D eigenvalue weighted by Gasteiger charge is 2.15. The van der Waals surface area contributed by atoms with Crippen molar-refractivity contribution in [3.8, 4) is 5.75 Å². The number of benzene rings is 2. The predicted octanol–water partition coefficient (Wildman–Crippen LogP) is 4.27. The van der Waals surface area contributed by atoms with Gasteiger partial charge in [0.25, 0.3) is 11.8 Å². The normalized spacial score (nSPS) is 11.5. The maximum atomic E-state index is 12.3. The lowest BCUT2D eigenvalue weighted by atomic mass is 10.2. The summed E-state index contributed by atoms with van der Waals surface area (Å²) in [5, 5.41) is 6.11. The molecule has 1 aromatic heterocycles. The van der Waals surface area contributed by atoms with E-state index in [1.807, 2.05) is 0 Å². The SMILES string of the molecule is CC(Oc1ccc(Cl)cc1)C(=O)Nc1ccc(C(=O)NCc2ccco2)cc1. The quantitative estimate of drug-likeness (QED) is 0.622. The van der Waals surface area contributed by atoms with Gasteiger partial charge in [-0.2, -0.15) is 0 Å². The standard InChI is InChI=1S/C21H19ClN2O4/c1-14(28-18-10-6-16(22)7-11-18)20(25)24-17-8-4-15(5-9-17)21(26)23-13-19-3-2-12-27-19/h2-12,14H,13H2,1H3,(H,23,26)(H,24,25). The molecule has 28 heavy (non-hydrogen) atoms. The summed E-state index contributed by atoms with van der Waals surface area (Å²) in [5.41, 5.74) is 1.05. The van der Waals surface area contributed by atoms with Gasteiger partial charge in [0.2, 0.25) is 0 Å². The molecule has 0 aliphatic heterocycles. The highest BCUT2D eigenvalue weighted by molar-refractivity contribution is 6.30. The molecule has 0 bridgehead atoms. The van der Waals surface area contributed by atoms with Crippen LogP contribution in [-0.2, 0) is 11.3 Å². The number of anilines is 1. The van der Waals surface area contributed by atoms with Crippen LogP contribution in [0.4, 0.5) is 5.69 Å². The number of carbonyl (C=O) groups excluding carboxylic acids is 2. The minimum Gasteiger partial charge on any atom is -0.481 e. The van der Waals surface area contributed by atoms with Gasteiger partial charge in [0, 0.05) is 16.3 Å². The summed E-state index contributed by atoms with van der Waals surface area (Å²) in [6, 6.07) is 16.9. The Hall–Kier alpha value is -3.25. The maximum absolute atomic E-state index is 12.3. The summed E-state index contributed by atoms with van der Waals surface area (Å²) in [4.78, 5) is 24.4. The Morgan fingerprint density at radius 2 is 1.79 bits per heavy atom. The van der Waals surface area contributed by atoms with Crippen LogP contribution in [0.2, 0.25) is 5.02 Å². The lowest BCUT2D eigenvalue weighted by molar-refractivity contribution is -0.122. The highest BCUT2D eigenvalue weighted by atomic mass is 35.5. The van der Waals surface area contributed by atoms with E-state index in [4.69, 9.17) is 20.8 Å². The van der Waals surface area contributed by atoms with Gasteiger partial charge in [-0.05, 0) is 67.6 Å². The van der Waals surface area contributed by atoms with Gasteiger partial charge in [-0.25, -0.2) is 0 Å². The first kappa shape index (κ1) is 19.5. The maximum Gasteiger partial charge on any atom is 0.265 e. The first-order valence-corrected chi connectivity index (χ1v) is 9.03. The zero-order valence-corrected chi connectivity index (χ0v) is 15.9. The molecule has 0 aliphatic rings. The second-order valence-corrected chi connectivity index (χ2v) is 6.48. The first-order chi connectivity index (χ1) is 13.5. The van der Waals surface area contributed by atoms with E-state index in [0.717, 1.165) is 0 Å². The third-order valence-corrected chi connectivity index (χ3v) is 4.17. The molecule has 0 saturated carbocycles. The van der Waals surface area contributed by atoms with Crippen LogP contribution < -0.4 is 15.4 Å². The number of halogens is 1. The number of furan rings is 1. The molecule has 0 aliphatic carbocycles. The summed E-state index contributed by atoms with van der Waals surface area (Å²) in [5.74, 6) is 0.696. The van der Waals surface area contributed by atoms with Crippen LogP contribution in [0.1, 0.15) is 23.0 Å². The average Bonchev–Trinajstić information content (AvgIpc) is 3.22. The van der Waals surface area contributed by atoms with Crippen LogP contribution in [0, 0.1) is 0 Å². The minimum atomic E-state index is -0.697. The number of hydrogen-bond acceptors (Lipinski definition) is 4. The van der Waals surface area contributed by atoms with Crippen molar-refractivity contribution in [2.45, 2.75) is 19.6 Å². The summed E-state index contributed by atoms with van der Waals surface area (Å²) in [7, 11) is 0. The largest absolute Gasteiger partial charge is 0.481 e. The molecule has 1 heterocycles. The second kappa shape index (κ2) is 9.10. The van der Waals surface area contributed by atoms with Crippen molar-refractivity contribution in [3.63, 3.8) is 0 Å². The Balaban J connectivity index is 1.51. The van der Waals surface area contributed by atoms with E-state index < -0.39 is 6.10 Å². The van der Waals surface area contributed by atoms with E-state index in [2.05, 4.69) is 10.6 Å². The van der Waals surface area contributed by atoms with Crippen molar-refractivity contribution in [2.24, 2.45) is 0 Å². The lowest BCUT2D eigenvalue weighted by Gasteiger charge is -2.15. The van der Waals surface area contributed by atoms with E-state index in [-0.39, 0.29) is 11.8 Å². The molecule has 7 heteroatoms. The Morgan fingerprint density at radius 1 is 1.07 bits per heavy atom. The number of hydrogen-bond donors (Lipinski definition) is 2. The van der Waals surface area contributed by atoms with E-state index in [1.165, 1.54) is 0 Å². The summed E-state index contributed by atoms with van der Waals surface area (Å²) >= 11 is 5.83. The monoisotopic (exact) mass is 398 g/mol. The number of amides is 2. The molecule has 3 aromatic rings. The third-order valence-electron chi connectivity index (χ3n) is 3.91. The van der Waals surface area contributed by atoms with Crippen molar-refractivity contribution in [3.05, 3.63) is 83.3 Å². The molecule has 1 unspecified atom stereocenters. The van der Waals surface area contributed by atoms with Gasteiger partial charge >= 0.3 is 0 Å². The molecule has 0 saturated heterocycles. The van der Waals surface area contributed by atoms with Gasteiger partial charge in [0.15, 0.2) is 6.10 Å². The zero-order chi connectivity index (χ0) is 19.9. The second-order valence-electron chi connectivity index (χ2n) is 6.04. The predicted molar refractivity (Wildman–Crippen MR) is 106 cm³/mol. The van der Waals surface area contributed by atoms with Gasteiger partial charge < -0.3 is 19.8 Å². The molecule has 0 spiro atoms. The number of nitrogens with one attached hydrogen (secondary N) is 2. The van der Waals surface area contributed by atoms with E-state index in [0.29, 0.717) is 34.3 Å². The van der Waals surface area contributed by atoms with E-state index >= 15 is 0 Å². The Labute approximate surface area is 167 Å². The van der Waals surface area contributed by atoms with E-state index in [1.54, 1.807) is 73.9 Å². The molecule has 0 fully saturated rings. The van der Waals surface area contributed by atoms with Crippen LogP contribution in [0.15, 0.2) is 71.3 Å². The summed E-state index contributed by atoms with van der Waals surface area (Å²) in [6.45, 7) is 1.96. The fourth-order valence-electron chi connectivity index (χ4n) is 2.40. The van der Waals surface area contributed by atoms with Gasteiger partial charge in [-0.1, -0.05) is 11.6 Å². The van der Waals surface area contributed by atoms with Crippen molar-refractivity contribution >= 4 is 29.1 Å². The van der Waals surface area contributed by atoms with Crippen molar-refractivity contribution in [1.29, 1.82) is 0 Å². The molecule has 1 atom stereocenters. The molecule has 6 nitrogen and oxygen atoms in total. The molecular weight excluding hydrogens is 380 g/mol. The smallest absolute Gasteiger partial charge is 0.265 e. The Morgan fingerprint density at radius 3 is 2.43 bits per heavy atom. The van der Waals surface area contributed by atoms with Crippen molar-refractivity contribution in [2.75, 3.05) is 5.32 Å². The topological polar surface area (TPSA) is 80.6 Å². The van der Waals surface area contributed by atoms with Gasteiger partial charge in [-0.15, -0.1) is 0 Å². The first-order valence-electron chi connectivity index (χ1n) is 8.65. The molecule has 2 N–H and O–H groups in total. The summed E-state index contributed by atoms with van der Waals surface area (Å²) < 4.78 is 10.8. The minimum absolute atomic E-state index is 0.228. The van der Waals surface area contributed by atoms with Gasteiger partial charge in [-0.3, -0.25) is 9.59 Å². The highest BCUT2D eigenvalue weighted by Crippen LogP contribution is 2.17. The number of ether oxygens (including phenoxy) is 1. The number of rotatable bonds is 7. The molecule has 0 radical (unpaired) electrons. The number of carbonyl (C=O) groups is 2. The van der Waals surface area contributed by atoms with Crippen LogP contribution in [-0.4, -0.2) is 17.9 Å². The fourth-order valence-corrected chi connectivity index (χ4v) is 2.53. The Bertz CT molecular complexity index is 922. The van der Waals surface area contributed by atoms with Crippen LogP contribution in [0.3, 0.4) is 0 Å². The fraction of sp³-hybridized carbons (Fsp3) is 0.143. The zero-order valence-electron chi connectivity index (χ0n) is 15.1. The van der Waals surface area contributed by atoms with Gasteiger partial charge in [0.1, 0.15) is 11.5 Å². The van der Waals surface area contributed by atoms with Crippen molar-refractivity contribution in [1.82, 2.24) is 5.32 Å². The average molecular weight is 399 g/mol. The third kappa shape index (κ3) is 5.37. The Kier molecular flexibility index (Phi) is 6.34. The molecular formula is C21H19ClN2O4. The molecule has 2 amide bonds. The van der Waals surface area contributed by atoms with Crippen LogP contribution in [0.5, 0.6) is 5.75 Å². The van der Waals surface area contributed by atoms with Gasteiger partial charge in [0.05, 0.1) is 12.8 Å². The summed E-state index contributed by atoms with van der Waals surface area (Å²) in [6.07, 6.45) is 0.855. The molecule has 2 aromatic carbocycles. The molecule has 3 rings (SSSR count). The van der Waals surface area contributed by atoms with Crippen LogP contribution >= 0.6 is 11.6 Å². The van der Waals surface area contributed by atoms with Crippen LogP contribution in [0.25, 0.3) is 0 Å². The van der Waals surface area contributed by atoms with E-state index in [9.17, 15) is 9.59 Å². The lowest BCUT2D eigenvalue weighted by Crippen LogP contribution is -2.30. The molecule has 144 valence electrons.